The first-order valence-corrected chi connectivity index (χ1v) is 9.91. The van der Waals surface area contributed by atoms with Crippen LogP contribution in [0.2, 0.25) is 0 Å². The van der Waals surface area contributed by atoms with Gasteiger partial charge in [-0.15, -0.1) is 0 Å². The molecule has 0 heterocycles. The fraction of sp³-hybridized carbons (Fsp3) is 0.500. The van der Waals surface area contributed by atoms with Gasteiger partial charge in [-0.2, -0.15) is 0 Å². The van der Waals surface area contributed by atoms with Crippen molar-refractivity contribution in [2.45, 2.75) is 57.3 Å². The van der Waals surface area contributed by atoms with Crippen molar-refractivity contribution in [3.8, 4) is 0 Å². The highest BCUT2D eigenvalue weighted by atomic mass is 16.6. The maximum Gasteiger partial charge on any atom is 0.373 e. The van der Waals surface area contributed by atoms with E-state index in [0.29, 0.717) is 12.0 Å². The van der Waals surface area contributed by atoms with Gasteiger partial charge in [0.2, 0.25) is 0 Å². The molecule has 2 rings (SSSR count). The molecule has 0 fully saturated rings. The van der Waals surface area contributed by atoms with Crippen molar-refractivity contribution in [2.24, 2.45) is 5.92 Å². The summed E-state index contributed by atoms with van der Waals surface area (Å²) in [5.41, 5.74) is 0.379. The van der Waals surface area contributed by atoms with Crippen molar-refractivity contribution in [2.75, 3.05) is 6.61 Å². The highest BCUT2D eigenvalue weighted by Crippen LogP contribution is 2.38. The van der Waals surface area contributed by atoms with E-state index >= 15 is 0 Å². The van der Waals surface area contributed by atoms with E-state index in [4.69, 9.17) is 9.47 Å². The lowest BCUT2D eigenvalue weighted by atomic mass is 9.86. The minimum Gasteiger partial charge on any atom is -0.504 e. The molecular weight excluding hydrogens is 392 g/mol. The Kier molecular flexibility index (Phi) is 8.14. The molecule has 0 saturated heterocycles. The first-order valence-electron chi connectivity index (χ1n) is 9.91. The van der Waals surface area contributed by atoms with Crippen LogP contribution in [0.4, 0.5) is 0 Å². The SMILES string of the molecule is C=C(OC1C(O)C=CC2=C(O)C(=O)CC21)C(=O)OCC(=C)C(O)C(=O)CCCCC. The number of Topliss-reactive ketones (excluding diaryl/α,β-unsaturated/α-hetero) is 2. The number of unbranched alkanes of at least 4 members (excludes halogenated alkanes) is 2. The molecule has 8 heteroatoms. The Morgan fingerprint density at radius 1 is 1.30 bits per heavy atom. The minimum absolute atomic E-state index is 0.0369. The van der Waals surface area contributed by atoms with Crippen LogP contribution in [0.3, 0.4) is 0 Å². The van der Waals surface area contributed by atoms with Crippen LogP contribution in [-0.2, 0) is 23.9 Å². The van der Waals surface area contributed by atoms with E-state index < -0.39 is 48.3 Å². The van der Waals surface area contributed by atoms with Crippen LogP contribution in [0, 0.1) is 5.92 Å². The number of carbonyl (C=O) groups excluding carboxylic acids is 3. The van der Waals surface area contributed by atoms with Gasteiger partial charge >= 0.3 is 5.97 Å². The van der Waals surface area contributed by atoms with E-state index in [1.54, 1.807) is 0 Å². The summed E-state index contributed by atoms with van der Waals surface area (Å²) in [7, 11) is 0. The summed E-state index contributed by atoms with van der Waals surface area (Å²) in [6, 6.07) is 0. The van der Waals surface area contributed by atoms with Crippen LogP contribution in [0.5, 0.6) is 0 Å². The van der Waals surface area contributed by atoms with Gasteiger partial charge in [0.1, 0.15) is 24.9 Å². The first-order chi connectivity index (χ1) is 14.2. The summed E-state index contributed by atoms with van der Waals surface area (Å²) < 4.78 is 10.4. The van der Waals surface area contributed by atoms with E-state index in [0.717, 1.165) is 12.8 Å². The molecule has 0 amide bonds. The summed E-state index contributed by atoms with van der Waals surface area (Å²) in [5.74, 6) is -3.21. The van der Waals surface area contributed by atoms with Gasteiger partial charge < -0.3 is 24.8 Å². The lowest BCUT2D eigenvalue weighted by Crippen LogP contribution is -2.38. The highest BCUT2D eigenvalue weighted by Gasteiger charge is 2.43. The second-order valence-corrected chi connectivity index (χ2v) is 7.45. The van der Waals surface area contributed by atoms with Gasteiger partial charge in [-0.05, 0) is 18.6 Å². The molecule has 4 unspecified atom stereocenters. The molecule has 0 aromatic rings. The second-order valence-electron chi connectivity index (χ2n) is 7.45. The zero-order chi connectivity index (χ0) is 22.4. The third kappa shape index (κ3) is 5.46. The molecule has 4 atom stereocenters. The maximum absolute atomic E-state index is 12.2. The molecule has 2 aliphatic rings. The Bertz CT molecular complexity index is 791. The highest BCUT2D eigenvalue weighted by molar-refractivity contribution is 5.97. The summed E-state index contributed by atoms with van der Waals surface area (Å²) in [5, 5.41) is 30.0. The van der Waals surface area contributed by atoms with Crippen molar-refractivity contribution >= 4 is 17.5 Å². The van der Waals surface area contributed by atoms with Gasteiger partial charge in [-0.1, -0.05) is 38.5 Å². The van der Waals surface area contributed by atoms with Crippen molar-refractivity contribution in [3.63, 3.8) is 0 Å². The fourth-order valence-electron chi connectivity index (χ4n) is 3.38. The first kappa shape index (κ1) is 23.6. The Labute approximate surface area is 175 Å². The van der Waals surface area contributed by atoms with E-state index in [1.807, 2.05) is 6.92 Å². The zero-order valence-corrected chi connectivity index (χ0v) is 17.0. The molecule has 3 N–H and O–H groups in total. The average molecular weight is 420 g/mol. The van der Waals surface area contributed by atoms with Crippen molar-refractivity contribution in [3.05, 3.63) is 48.0 Å². The largest absolute Gasteiger partial charge is 0.504 e. The molecular formula is C22H28O8. The van der Waals surface area contributed by atoms with Crippen molar-refractivity contribution < 1.29 is 39.2 Å². The number of allylic oxidation sites excluding steroid dienone is 2. The van der Waals surface area contributed by atoms with Gasteiger partial charge in [-0.25, -0.2) is 4.79 Å². The predicted octanol–water partition coefficient (Wildman–Crippen LogP) is 1.83. The summed E-state index contributed by atoms with van der Waals surface area (Å²) in [6.45, 7) is 8.67. The monoisotopic (exact) mass is 420 g/mol. The third-order valence-corrected chi connectivity index (χ3v) is 5.16. The Morgan fingerprint density at radius 3 is 2.67 bits per heavy atom. The average Bonchev–Trinajstić information content (AvgIpc) is 3.01. The van der Waals surface area contributed by atoms with Gasteiger partial charge in [0.25, 0.3) is 0 Å². The van der Waals surface area contributed by atoms with E-state index in [9.17, 15) is 29.7 Å². The van der Waals surface area contributed by atoms with E-state index in [2.05, 4.69) is 13.2 Å². The normalized spacial score (nSPS) is 23.7. The van der Waals surface area contributed by atoms with Crippen LogP contribution in [-0.4, -0.2) is 57.8 Å². The molecule has 0 bridgehead atoms. The van der Waals surface area contributed by atoms with E-state index in [1.165, 1.54) is 12.2 Å². The number of ether oxygens (including phenoxy) is 2. The maximum atomic E-state index is 12.2. The molecule has 0 aromatic heterocycles. The number of hydrogen-bond donors (Lipinski definition) is 3. The summed E-state index contributed by atoms with van der Waals surface area (Å²) >= 11 is 0. The number of carbonyl (C=O) groups is 3. The van der Waals surface area contributed by atoms with Gasteiger partial charge in [0, 0.05) is 24.3 Å². The lowest BCUT2D eigenvalue weighted by molar-refractivity contribution is -0.145. The summed E-state index contributed by atoms with van der Waals surface area (Å²) in [6.07, 6.45) is 1.93. The van der Waals surface area contributed by atoms with Crippen LogP contribution in [0.15, 0.2) is 48.0 Å². The molecule has 0 saturated carbocycles. The van der Waals surface area contributed by atoms with Crippen molar-refractivity contribution in [1.29, 1.82) is 0 Å². The van der Waals surface area contributed by atoms with Gasteiger partial charge in [-0.3, -0.25) is 9.59 Å². The zero-order valence-electron chi connectivity index (χ0n) is 17.0. The molecule has 0 radical (unpaired) electrons. The minimum atomic E-state index is -1.42. The third-order valence-electron chi connectivity index (χ3n) is 5.16. The number of esters is 1. The Hall–Kier alpha value is -2.71. The smallest absolute Gasteiger partial charge is 0.373 e. The van der Waals surface area contributed by atoms with Gasteiger partial charge in [0.15, 0.2) is 23.1 Å². The summed E-state index contributed by atoms with van der Waals surface area (Å²) in [4.78, 5) is 35.8. The lowest BCUT2D eigenvalue weighted by Gasteiger charge is -2.31. The molecule has 8 nitrogen and oxygen atoms in total. The predicted molar refractivity (Wildman–Crippen MR) is 107 cm³/mol. The van der Waals surface area contributed by atoms with Crippen LogP contribution >= 0.6 is 0 Å². The number of hydrogen-bond acceptors (Lipinski definition) is 8. The van der Waals surface area contributed by atoms with Crippen LogP contribution < -0.4 is 0 Å². The topological polar surface area (TPSA) is 130 Å². The van der Waals surface area contributed by atoms with Crippen LogP contribution in [0.1, 0.15) is 39.0 Å². The van der Waals surface area contributed by atoms with Crippen molar-refractivity contribution in [1.82, 2.24) is 0 Å². The fourth-order valence-corrected chi connectivity index (χ4v) is 3.38. The number of ketones is 2. The van der Waals surface area contributed by atoms with Gasteiger partial charge in [0.05, 0.1) is 0 Å². The molecule has 164 valence electrons. The molecule has 2 aliphatic carbocycles. The number of aliphatic hydroxyl groups is 3. The number of aliphatic hydroxyl groups excluding tert-OH is 3. The quantitative estimate of drug-likeness (QED) is 0.152. The number of rotatable bonds is 11. The number of fused-ring (bicyclic) bond motifs is 1. The molecule has 0 aliphatic heterocycles. The Balaban J connectivity index is 1.87. The molecule has 30 heavy (non-hydrogen) atoms. The van der Waals surface area contributed by atoms with E-state index in [-0.39, 0.29) is 30.0 Å². The Morgan fingerprint density at radius 2 is 2.00 bits per heavy atom. The molecule has 0 spiro atoms. The van der Waals surface area contributed by atoms with Crippen LogP contribution in [0.25, 0.3) is 0 Å². The molecule has 0 aromatic carbocycles. The second kappa shape index (κ2) is 10.4. The standard InChI is InChI=1S/C22H28O8/c1-4-5-6-7-16(23)19(26)12(2)11-29-22(28)13(3)30-21-15-10-18(25)20(27)14(15)8-9-17(21)24/h8-9,15,17,19,21,24,26-27H,2-7,10-11H2,1H3.